The van der Waals surface area contributed by atoms with E-state index in [1.165, 1.54) is 31.4 Å². The van der Waals surface area contributed by atoms with E-state index >= 15 is 0 Å². The molecule has 2 heterocycles. The maximum absolute atomic E-state index is 4.38. The van der Waals surface area contributed by atoms with Crippen LogP contribution in [0.5, 0.6) is 0 Å². The van der Waals surface area contributed by atoms with E-state index < -0.39 is 0 Å². The molecule has 1 saturated heterocycles. The molecule has 0 aromatic carbocycles. The summed E-state index contributed by atoms with van der Waals surface area (Å²) in [5.74, 6) is 0.669. The van der Waals surface area contributed by atoms with Gasteiger partial charge in [-0.2, -0.15) is 0 Å². The molecule has 1 N–H and O–H groups in total. The van der Waals surface area contributed by atoms with E-state index in [4.69, 9.17) is 0 Å². The molecule has 0 aliphatic carbocycles. The Bertz CT molecular complexity index is 341. The average Bonchev–Trinajstić information content (AvgIpc) is 2.80. The number of imidazole rings is 1. The molecule has 2 atom stereocenters. The standard InChI is InChI=1S/C14H25N3/c1-4-12(5-2)14-9-15-10-17(14)13-6-7-16-11(3)8-13/h9-13,16H,4-8H2,1-3H3. The minimum absolute atomic E-state index is 0.630. The van der Waals surface area contributed by atoms with Crippen molar-refractivity contribution < 1.29 is 0 Å². The van der Waals surface area contributed by atoms with Crippen molar-refractivity contribution in [1.82, 2.24) is 14.9 Å². The van der Waals surface area contributed by atoms with E-state index in [0.717, 1.165) is 6.54 Å². The van der Waals surface area contributed by atoms with Crippen molar-refractivity contribution in [3.8, 4) is 0 Å². The summed E-state index contributed by atoms with van der Waals surface area (Å²) in [5.41, 5.74) is 1.44. The topological polar surface area (TPSA) is 29.9 Å². The van der Waals surface area contributed by atoms with Crippen molar-refractivity contribution in [1.29, 1.82) is 0 Å². The average molecular weight is 235 g/mol. The zero-order chi connectivity index (χ0) is 12.3. The van der Waals surface area contributed by atoms with Crippen LogP contribution in [-0.2, 0) is 0 Å². The second-order valence-corrected chi connectivity index (χ2v) is 5.27. The third kappa shape index (κ3) is 2.71. The summed E-state index contributed by atoms with van der Waals surface area (Å²) in [7, 11) is 0. The number of rotatable bonds is 4. The summed E-state index contributed by atoms with van der Waals surface area (Å²) in [6, 6.07) is 1.27. The summed E-state index contributed by atoms with van der Waals surface area (Å²) < 4.78 is 2.44. The fraction of sp³-hybridized carbons (Fsp3) is 0.786. The van der Waals surface area contributed by atoms with E-state index in [2.05, 4.69) is 41.8 Å². The lowest BCUT2D eigenvalue weighted by molar-refractivity contribution is 0.304. The van der Waals surface area contributed by atoms with E-state index in [1.807, 2.05) is 6.33 Å². The molecule has 0 bridgehead atoms. The number of piperidine rings is 1. The molecule has 1 aromatic rings. The minimum atomic E-state index is 0.630. The van der Waals surface area contributed by atoms with Gasteiger partial charge in [0.05, 0.1) is 6.33 Å². The fourth-order valence-electron chi connectivity index (χ4n) is 3.00. The molecule has 1 fully saturated rings. The molecule has 0 saturated carbocycles. The van der Waals surface area contributed by atoms with Crippen molar-refractivity contribution in [3.05, 3.63) is 18.2 Å². The van der Waals surface area contributed by atoms with Crippen LogP contribution in [-0.4, -0.2) is 22.1 Å². The molecule has 0 spiro atoms. The lowest BCUT2D eigenvalue weighted by Gasteiger charge is -2.31. The first-order chi connectivity index (χ1) is 8.26. The fourth-order valence-corrected chi connectivity index (χ4v) is 3.00. The molecule has 3 heteroatoms. The predicted molar refractivity (Wildman–Crippen MR) is 71.3 cm³/mol. The first-order valence-corrected chi connectivity index (χ1v) is 7.01. The van der Waals surface area contributed by atoms with Gasteiger partial charge in [0.1, 0.15) is 0 Å². The molecule has 1 aliphatic heterocycles. The molecule has 2 unspecified atom stereocenters. The second kappa shape index (κ2) is 5.67. The van der Waals surface area contributed by atoms with Crippen molar-refractivity contribution in [2.45, 2.75) is 64.5 Å². The van der Waals surface area contributed by atoms with Crippen LogP contribution in [0.15, 0.2) is 12.5 Å². The second-order valence-electron chi connectivity index (χ2n) is 5.27. The number of aromatic nitrogens is 2. The summed E-state index contributed by atoms with van der Waals surface area (Å²) in [5, 5.41) is 3.52. The van der Waals surface area contributed by atoms with Gasteiger partial charge in [0.25, 0.3) is 0 Å². The highest BCUT2D eigenvalue weighted by Crippen LogP contribution is 2.29. The van der Waals surface area contributed by atoms with Crippen LogP contribution in [0, 0.1) is 0 Å². The summed E-state index contributed by atoms with van der Waals surface area (Å²) in [6.45, 7) is 7.96. The SMILES string of the molecule is CCC(CC)c1cncn1C1CCNC(C)C1. The van der Waals surface area contributed by atoms with Gasteiger partial charge in [-0.1, -0.05) is 13.8 Å². The predicted octanol–water partition coefficient (Wildman–Crippen LogP) is 3.10. The van der Waals surface area contributed by atoms with Crippen LogP contribution in [0.1, 0.15) is 64.1 Å². The number of hydrogen-bond acceptors (Lipinski definition) is 2. The van der Waals surface area contributed by atoms with Crippen LogP contribution in [0.2, 0.25) is 0 Å². The highest BCUT2D eigenvalue weighted by atomic mass is 15.1. The van der Waals surface area contributed by atoms with Crippen LogP contribution >= 0.6 is 0 Å². The Morgan fingerprint density at radius 1 is 1.47 bits per heavy atom. The van der Waals surface area contributed by atoms with E-state index in [0.29, 0.717) is 18.0 Å². The highest BCUT2D eigenvalue weighted by molar-refractivity contribution is 5.08. The van der Waals surface area contributed by atoms with E-state index in [-0.39, 0.29) is 0 Å². The van der Waals surface area contributed by atoms with Crippen molar-refractivity contribution in [2.75, 3.05) is 6.54 Å². The van der Waals surface area contributed by atoms with Crippen LogP contribution < -0.4 is 5.32 Å². The Morgan fingerprint density at radius 3 is 2.88 bits per heavy atom. The van der Waals surface area contributed by atoms with Gasteiger partial charge in [-0.25, -0.2) is 4.98 Å². The highest BCUT2D eigenvalue weighted by Gasteiger charge is 2.23. The Labute approximate surface area is 105 Å². The van der Waals surface area contributed by atoms with Crippen LogP contribution in [0.25, 0.3) is 0 Å². The van der Waals surface area contributed by atoms with Gasteiger partial charge in [0.2, 0.25) is 0 Å². The molecule has 0 amide bonds. The van der Waals surface area contributed by atoms with Gasteiger partial charge >= 0.3 is 0 Å². The van der Waals surface area contributed by atoms with Gasteiger partial charge in [0, 0.05) is 29.9 Å². The van der Waals surface area contributed by atoms with Crippen LogP contribution in [0.3, 0.4) is 0 Å². The summed E-state index contributed by atoms with van der Waals surface area (Å²) in [4.78, 5) is 4.38. The Balaban J connectivity index is 2.17. The Kier molecular flexibility index (Phi) is 4.21. The Hall–Kier alpha value is -0.830. The molecule has 1 aliphatic rings. The third-order valence-electron chi connectivity index (χ3n) is 4.09. The molecular formula is C14H25N3. The maximum Gasteiger partial charge on any atom is 0.0950 e. The van der Waals surface area contributed by atoms with Gasteiger partial charge < -0.3 is 9.88 Å². The van der Waals surface area contributed by atoms with Crippen LogP contribution in [0.4, 0.5) is 0 Å². The van der Waals surface area contributed by atoms with Crippen molar-refractivity contribution in [3.63, 3.8) is 0 Å². The quantitative estimate of drug-likeness (QED) is 0.869. The van der Waals surface area contributed by atoms with E-state index in [9.17, 15) is 0 Å². The van der Waals surface area contributed by atoms with E-state index in [1.54, 1.807) is 0 Å². The third-order valence-corrected chi connectivity index (χ3v) is 4.09. The molecular weight excluding hydrogens is 210 g/mol. The number of nitrogens with zero attached hydrogens (tertiary/aromatic N) is 2. The molecule has 17 heavy (non-hydrogen) atoms. The smallest absolute Gasteiger partial charge is 0.0950 e. The first kappa shape index (κ1) is 12.6. The van der Waals surface area contributed by atoms with Gasteiger partial charge in [-0.3, -0.25) is 0 Å². The van der Waals surface area contributed by atoms with Crippen molar-refractivity contribution in [2.24, 2.45) is 0 Å². The lowest BCUT2D eigenvalue weighted by atomic mass is 9.96. The first-order valence-electron chi connectivity index (χ1n) is 7.01. The molecule has 1 aromatic heterocycles. The molecule has 2 rings (SSSR count). The van der Waals surface area contributed by atoms with Gasteiger partial charge in [0.15, 0.2) is 0 Å². The summed E-state index contributed by atoms with van der Waals surface area (Å²) in [6.07, 6.45) is 8.99. The number of hydrogen-bond donors (Lipinski definition) is 1. The normalized spacial score (nSPS) is 25.4. The van der Waals surface area contributed by atoms with Gasteiger partial charge in [-0.15, -0.1) is 0 Å². The molecule has 0 radical (unpaired) electrons. The molecule has 3 nitrogen and oxygen atoms in total. The van der Waals surface area contributed by atoms with Crippen molar-refractivity contribution >= 4 is 0 Å². The zero-order valence-corrected chi connectivity index (χ0v) is 11.3. The lowest BCUT2D eigenvalue weighted by Crippen LogP contribution is -2.37. The monoisotopic (exact) mass is 235 g/mol. The minimum Gasteiger partial charge on any atom is -0.331 e. The summed E-state index contributed by atoms with van der Waals surface area (Å²) >= 11 is 0. The largest absolute Gasteiger partial charge is 0.331 e. The zero-order valence-electron chi connectivity index (χ0n) is 11.3. The Morgan fingerprint density at radius 2 is 2.24 bits per heavy atom. The number of nitrogens with one attached hydrogen (secondary N) is 1. The van der Waals surface area contributed by atoms with Gasteiger partial charge in [-0.05, 0) is 39.2 Å². The molecule has 96 valence electrons. The maximum atomic E-state index is 4.38.